The van der Waals surface area contributed by atoms with E-state index in [0.29, 0.717) is 12.1 Å². The predicted octanol–water partition coefficient (Wildman–Crippen LogP) is 2.97. The van der Waals surface area contributed by atoms with Crippen molar-refractivity contribution in [3.63, 3.8) is 0 Å². The van der Waals surface area contributed by atoms with Gasteiger partial charge in [0.25, 0.3) is 0 Å². The summed E-state index contributed by atoms with van der Waals surface area (Å²) in [6, 6.07) is 2.63. The average Bonchev–Trinajstić information content (AvgIpc) is 2.29. The SMILES string of the molecule is Cc1cc(C)c(C)c(C2COC(C)CN2)c1C. The Kier molecular flexibility index (Phi) is 3.55. The van der Waals surface area contributed by atoms with Gasteiger partial charge in [0.05, 0.1) is 18.8 Å². The Morgan fingerprint density at radius 1 is 1.12 bits per heavy atom. The van der Waals surface area contributed by atoms with Crippen molar-refractivity contribution in [1.82, 2.24) is 5.32 Å². The molecule has 17 heavy (non-hydrogen) atoms. The molecular formula is C15H23NO. The quantitative estimate of drug-likeness (QED) is 0.805. The maximum Gasteiger partial charge on any atom is 0.0672 e. The lowest BCUT2D eigenvalue weighted by Gasteiger charge is -2.31. The minimum atomic E-state index is 0.331. The molecule has 1 saturated heterocycles. The van der Waals surface area contributed by atoms with Crippen LogP contribution in [0.1, 0.15) is 40.8 Å². The Morgan fingerprint density at radius 3 is 2.18 bits per heavy atom. The molecule has 1 aliphatic heterocycles. The molecule has 2 unspecified atom stereocenters. The van der Waals surface area contributed by atoms with Crippen LogP contribution in [0, 0.1) is 27.7 Å². The number of rotatable bonds is 1. The Labute approximate surface area is 104 Å². The summed E-state index contributed by atoms with van der Waals surface area (Å²) in [6.45, 7) is 12.7. The topological polar surface area (TPSA) is 21.3 Å². The molecule has 1 heterocycles. The van der Waals surface area contributed by atoms with Gasteiger partial charge in [0, 0.05) is 6.54 Å². The van der Waals surface area contributed by atoms with Gasteiger partial charge in [-0.1, -0.05) is 6.07 Å². The van der Waals surface area contributed by atoms with Gasteiger partial charge in [0.1, 0.15) is 0 Å². The molecule has 0 spiro atoms. The molecule has 0 bridgehead atoms. The molecule has 1 N–H and O–H groups in total. The molecule has 2 rings (SSSR count). The van der Waals surface area contributed by atoms with Gasteiger partial charge in [-0.25, -0.2) is 0 Å². The summed E-state index contributed by atoms with van der Waals surface area (Å²) in [5.74, 6) is 0. The highest BCUT2D eigenvalue weighted by Crippen LogP contribution is 2.29. The highest BCUT2D eigenvalue weighted by molar-refractivity contribution is 5.45. The second-order valence-corrected chi connectivity index (χ2v) is 5.28. The molecular weight excluding hydrogens is 210 g/mol. The summed E-state index contributed by atoms with van der Waals surface area (Å²) in [7, 11) is 0. The Balaban J connectivity index is 2.37. The van der Waals surface area contributed by atoms with Crippen molar-refractivity contribution < 1.29 is 4.74 Å². The van der Waals surface area contributed by atoms with Crippen LogP contribution in [0.25, 0.3) is 0 Å². The standard InChI is InChI=1S/C15H23NO/c1-9-6-10(2)13(5)15(12(9)4)14-8-17-11(3)7-16-14/h6,11,14,16H,7-8H2,1-5H3. The van der Waals surface area contributed by atoms with Crippen LogP contribution in [0.5, 0.6) is 0 Å². The van der Waals surface area contributed by atoms with Gasteiger partial charge >= 0.3 is 0 Å². The number of aryl methyl sites for hydroxylation is 2. The fraction of sp³-hybridized carbons (Fsp3) is 0.600. The van der Waals surface area contributed by atoms with Crippen molar-refractivity contribution in [3.05, 3.63) is 33.9 Å². The summed E-state index contributed by atoms with van der Waals surface area (Å²) in [5, 5.41) is 3.60. The molecule has 1 fully saturated rings. The van der Waals surface area contributed by atoms with Gasteiger partial charge in [-0.3, -0.25) is 0 Å². The number of morpholine rings is 1. The fourth-order valence-corrected chi connectivity index (χ4v) is 2.64. The van der Waals surface area contributed by atoms with E-state index < -0.39 is 0 Å². The van der Waals surface area contributed by atoms with Crippen molar-refractivity contribution in [1.29, 1.82) is 0 Å². The molecule has 0 radical (unpaired) electrons. The van der Waals surface area contributed by atoms with E-state index in [-0.39, 0.29) is 0 Å². The van der Waals surface area contributed by atoms with E-state index >= 15 is 0 Å². The first-order valence-electron chi connectivity index (χ1n) is 6.43. The molecule has 2 atom stereocenters. The normalized spacial score (nSPS) is 25.0. The third-order valence-corrected chi connectivity index (χ3v) is 3.97. The van der Waals surface area contributed by atoms with Crippen LogP contribution in [0.2, 0.25) is 0 Å². The van der Waals surface area contributed by atoms with Gasteiger partial charge in [-0.05, 0) is 62.4 Å². The van der Waals surface area contributed by atoms with Crippen LogP contribution in [0.15, 0.2) is 6.07 Å². The van der Waals surface area contributed by atoms with Crippen LogP contribution in [0.3, 0.4) is 0 Å². The van der Waals surface area contributed by atoms with Gasteiger partial charge in [-0.15, -0.1) is 0 Å². The maximum atomic E-state index is 5.77. The summed E-state index contributed by atoms with van der Waals surface area (Å²) in [5.41, 5.74) is 7.01. The maximum absolute atomic E-state index is 5.77. The van der Waals surface area contributed by atoms with E-state index in [1.54, 1.807) is 0 Å². The number of nitrogens with one attached hydrogen (secondary N) is 1. The molecule has 1 aromatic carbocycles. The zero-order valence-electron chi connectivity index (χ0n) is 11.6. The lowest BCUT2D eigenvalue weighted by molar-refractivity contribution is 0.0146. The smallest absolute Gasteiger partial charge is 0.0672 e. The number of ether oxygens (including phenoxy) is 1. The Hall–Kier alpha value is -0.860. The first kappa shape index (κ1) is 12.6. The third-order valence-electron chi connectivity index (χ3n) is 3.97. The van der Waals surface area contributed by atoms with Crippen molar-refractivity contribution in [2.45, 2.75) is 46.8 Å². The third kappa shape index (κ3) is 2.38. The molecule has 1 aromatic rings. The highest BCUT2D eigenvalue weighted by atomic mass is 16.5. The number of benzene rings is 1. The zero-order chi connectivity index (χ0) is 12.6. The lowest BCUT2D eigenvalue weighted by Crippen LogP contribution is -2.40. The summed E-state index contributed by atoms with van der Waals surface area (Å²) in [4.78, 5) is 0. The average molecular weight is 233 g/mol. The Bertz CT molecular complexity index is 391. The minimum Gasteiger partial charge on any atom is -0.375 e. The van der Waals surface area contributed by atoms with Gasteiger partial charge < -0.3 is 10.1 Å². The predicted molar refractivity (Wildman–Crippen MR) is 71.5 cm³/mol. The van der Waals surface area contributed by atoms with Crippen LogP contribution >= 0.6 is 0 Å². The van der Waals surface area contributed by atoms with Crippen molar-refractivity contribution in [2.24, 2.45) is 0 Å². The molecule has 2 heteroatoms. The molecule has 2 nitrogen and oxygen atoms in total. The second-order valence-electron chi connectivity index (χ2n) is 5.28. The van der Waals surface area contributed by atoms with Crippen molar-refractivity contribution in [2.75, 3.05) is 13.2 Å². The molecule has 0 amide bonds. The van der Waals surface area contributed by atoms with Crippen LogP contribution in [-0.2, 0) is 4.74 Å². The van der Waals surface area contributed by atoms with Crippen LogP contribution in [-0.4, -0.2) is 19.3 Å². The number of hydrogen-bond donors (Lipinski definition) is 1. The van der Waals surface area contributed by atoms with E-state index in [2.05, 4.69) is 46.0 Å². The van der Waals surface area contributed by atoms with Crippen LogP contribution in [0.4, 0.5) is 0 Å². The summed E-state index contributed by atoms with van der Waals surface area (Å²) < 4.78 is 5.77. The Morgan fingerprint density at radius 2 is 1.71 bits per heavy atom. The summed E-state index contributed by atoms with van der Waals surface area (Å²) in [6.07, 6.45) is 0.331. The van der Waals surface area contributed by atoms with Crippen molar-refractivity contribution >= 4 is 0 Å². The fourth-order valence-electron chi connectivity index (χ4n) is 2.64. The lowest BCUT2D eigenvalue weighted by atomic mass is 9.89. The monoisotopic (exact) mass is 233 g/mol. The first-order chi connectivity index (χ1) is 8.00. The van der Waals surface area contributed by atoms with E-state index in [1.165, 1.54) is 27.8 Å². The molecule has 0 saturated carbocycles. The molecule has 0 aliphatic carbocycles. The molecule has 1 aliphatic rings. The van der Waals surface area contributed by atoms with E-state index in [4.69, 9.17) is 4.74 Å². The highest BCUT2D eigenvalue weighted by Gasteiger charge is 2.23. The van der Waals surface area contributed by atoms with Crippen LogP contribution < -0.4 is 5.32 Å². The van der Waals surface area contributed by atoms with Gasteiger partial charge in [0.15, 0.2) is 0 Å². The second kappa shape index (κ2) is 4.79. The molecule has 0 aromatic heterocycles. The number of hydrogen-bond acceptors (Lipinski definition) is 2. The van der Waals surface area contributed by atoms with Gasteiger partial charge in [0.2, 0.25) is 0 Å². The van der Waals surface area contributed by atoms with E-state index in [0.717, 1.165) is 13.2 Å². The molecule has 94 valence electrons. The van der Waals surface area contributed by atoms with Crippen molar-refractivity contribution in [3.8, 4) is 0 Å². The first-order valence-corrected chi connectivity index (χ1v) is 6.43. The zero-order valence-corrected chi connectivity index (χ0v) is 11.6. The van der Waals surface area contributed by atoms with E-state index in [9.17, 15) is 0 Å². The van der Waals surface area contributed by atoms with E-state index in [1.807, 2.05) is 0 Å². The summed E-state index contributed by atoms with van der Waals surface area (Å²) >= 11 is 0. The largest absolute Gasteiger partial charge is 0.375 e. The minimum absolute atomic E-state index is 0.331. The van der Waals surface area contributed by atoms with Gasteiger partial charge in [-0.2, -0.15) is 0 Å².